The fourth-order valence-corrected chi connectivity index (χ4v) is 1.71. The predicted molar refractivity (Wildman–Crippen MR) is 75.2 cm³/mol. The number of carbonyl (C=O) groups excluding carboxylic acids is 1. The van der Waals surface area contributed by atoms with E-state index >= 15 is 0 Å². The van der Waals surface area contributed by atoms with Crippen molar-refractivity contribution in [1.29, 1.82) is 0 Å². The average molecular weight is 265 g/mol. The van der Waals surface area contributed by atoms with Crippen LogP contribution in [0.25, 0.3) is 0 Å². The third-order valence-electron chi connectivity index (χ3n) is 2.79. The maximum atomic E-state index is 11.8. The van der Waals surface area contributed by atoms with Gasteiger partial charge in [-0.25, -0.2) is 0 Å². The molecule has 2 unspecified atom stereocenters. The molecule has 2 N–H and O–H groups in total. The second-order valence-electron chi connectivity index (χ2n) is 5.12. The van der Waals surface area contributed by atoms with Crippen molar-refractivity contribution in [2.24, 2.45) is 0 Å². The molecule has 1 aromatic rings. The first-order valence-electron chi connectivity index (χ1n) is 6.57. The monoisotopic (exact) mass is 265 g/mol. The van der Waals surface area contributed by atoms with Crippen molar-refractivity contribution < 1.29 is 14.6 Å². The second-order valence-corrected chi connectivity index (χ2v) is 5.12. The molecule has 0 aromatic heterocycles. The van der Waals surface area contributed by atoms with Crippen LogP contribution in [0.15, 0.2) is 18.2 Å². The van der Waals surface area contributed by atoms with E-state index in [0.717, 1.165) is 11.1 Å². The zero-order valence-electron chi connectivity index (χ0n) is 12.2. The van der Waals surface area contributed by atoms with Crippen molar-refractivity contribution >= 4 is 5.91 Å². The van der Waals surface area contributed by atoms with Gasteiger partial charge < -0.3 is 15.2 Å². The Kier molecular flexibility index (Phi) is 5.36. The molecular formula is C15H23NO3. The SMILES string of the molecule is Cc1cc(C(C)O)ccc1OC(C)C(=O)NC(C)C. The summed E-state index contributed by atoms with van der Waals surface area (Å²) in [7, 11) is 0. The van der Waals surface area contributed by atoms with E-state index in [1.54, 1.807) is 26.0 Å². The molecule has 0 saturated carbocycles. The van der Waals surface area contributed by atoms with Crippen molar-refractivity contribution in [3.63, 3.8) is 0 Å². The van der Waals surface area contributed by atoms with Gasteiger partial charge in [0.1, 0.15) is 5.75 Å². The van der Waals surface area contributed by atoms with Crippen molar-refractivity contribution in [2.75, 3.05) is 0 Å². The molecule has 4 nitrogen and oxygen atoms in total. The van der Waals surface area contributed by atoms with Gasteiger partial charge in [0.25, 0.3) is 5.91 Å². The normalized spacial score (nSPS) is 14.1. The molecule has 4 heteroatoms. The number of aryl methyl sites for hydroxylation is 1. The Balaban J connectivity index is 2.74. The van der Waals surface area contributed by atoms with E-state index in [9.17, 15) is 9.90 Å². The van der Waals surface area contributed by atoms with E-state index in [-0.39, 0.29) is 11.9 Å². The van der Waals surface area contributed by atoms with Crippen LogP contribution in [0.1, 0.15) is 44.9 Å². The van der Waals surface area contributed by atoms with E-state index in [2.05, 4.69) is 5.32 Å². The number of nitrogens with one attached hydrogen (secondary N) is 1. The van der Waals surface area contributed by atoms with Crippen LogP contribution in [0.4, 0.5) is 0 Å². The summed E-state index contributed by atoms with van der Waals surface area (Å²) in [6, 6.07) is 5.56. The number of hydrogen-bond acceptors (Lipinski definition) is 3. The van der Waals surface area contributed by atoms with Crippen molar-refractivity contribution in [3.05, 3.63) is 29.3 Å². The number of amides is 1. The first kappa shape index (κ1) is 15.5. The van der Waals surface area contributed by atoms with Crippen LogP contribution in [-0.2, 0) is 4.79 Å². The summed E-state index contributed by atoms with van der Waals surface area (Å²) in [6.07, 6.45) is -1.05. The van der Waals surface area contributed by atoms with Crippen LogP contribution in [0.5, 0.6) is 5.75 Å². The van der Waals surface area contributed by atoms with Crippen molar-refractivity contribution in [1.82, 2.24) is 5.32 Å². The van der Waals surface area contributed by atoms with E-state index in [0.29, 0.717) is 5.75 Å². The van der Waals surface area contributed by atoms with E-state index < -0.39 is 12.2 Å². The minimum absolute atomic E-state index is 0.0947. The standard InChI is InChI=1S/C15H23NO3/c1-9(2)16-15(18)12(5)19-14-7-6-13(11(4)17)8-10(14)3/h6-9,11-12,17H,1-5H3,(H,16,18). The molecule has 0 bridgehead atoms. The molecule has 0 saturated heterocycles. The molecule has 0 aliphatic heterocycles. The number of benzene rings is 1. The Bertz CT molecular complexity index is 441. The summed E-state index contributed by atoms with van der Waals surface area (Å²) in [6.45, 7) is 9.16. The van der Waals surface area contributed by atoms with Crippen LogP contribution >= 0.6 is 0 Å². The van der Waals surface area contributed by atoms with Crippen LogP contribution in [-0.4, -0.2) is 23.2 Å². The van der Waals surface area contributed by atoms with Gasteiger partial charge in [0.2, 0.25) is 0 Å². The molecule has 0 radical (unpaired) electrons. The van der Waals surface area contributed by atoms with Gasteiger partial charge in [-0.05, 0) is 57.9 Å². The highest BCUT2D eigenvalue weighted by atomic mass is 16.5. The zero-order valence-corrected chi connectivity index (χ0v) is 12.2. The Hall–Kier alpha value is -1.55. The minimum atomic E-state index is -0.543. The summed E-state index contributed by atoms with van der Waals surface area (Å²) in [5.41, 5.74) is 1.74. The highest BCUT2D eigenvalue weighted by Gasteiger charge is 2.16. The van der Waals surface area contributed by atoms with Gasteiger partial charge in [-0.15, -0.1) is 0 Å². The van der Waals surface area contributed by atoms with Gasteiger partial charge in [0.15, 0.2) is 6.10 Å². The lowest BCUT2D eigenvalue weighted by atomic mass is 10.1. The molecule has 2 atom stereocenters. The number of rotatable bonds is 5. The second kappa shape index (κ2) is 6.57. The molecule has 1 rings (SSSR count). The van der Waals surface area contributed by atoms with E-state index in [1.807, 2.05) is 26.8 Å². The molecule has 1 aromatic carbocycles. The highest BCUT2D eigenvalue weighted by Crippen LogP contribution is 2.23. The molecule has 19 heavy (non-hydrogen) atoms. The Morgan fingerprint density at radius 2 is 1.89 bits per heavy atom. The lowest BCUT2D eigenvalue weighted by molar-refractivity contribution is -0.127. The van der Waals surface area contributed by atoms with Gasteiger partial charge in [-0.1, -0.05) is 6.07 Å². The fourth-order valence-electron chi connectivity index (χ4n) is 1.71. The number of hydrogen-bond donors (Lipinski definition) is 2. The summed E-state index contributed by atoms with van der Waals surface area (Å²) >= 11 is 0. The summed E-state index contributed by atoms with van der Waals surface area (Å²) < 4.78 is 5.65. The summed E-state index contributed by atoms with van der Waals surface area (Å²) in [5, 5.41) is 12.3. The molecular weight excluding hydrogens is 242 g/mol. The highest BCUT2D eigenvalue weighted by molar-refractivity contribution is 5.80. The van der Waals surface area contributed by atoms with E-state index in [1.165, 1.54) is 0 Å². The van der Waals surface area contributed by atoms with Crippen LogP contribution in [0.3, 0.4) is 0 Å². The largest absolute Gasteiger partial charge is 0.481 e. The minimum Gasteiger partial charge on any atom is -0.481 e. The molecule has 106 valence electrons. The van der Waals surface area contributed by atoms with Crippen molar-refractivity contribution in [3.8, 4) is 5.75 Å². The van der Waals surface area contributed by atoms with Crippen molar-refractivity contribution in [2.45, 2.75) is 52.9 Å². The van der Waals surface area contributed by atoms with E-state index in [4.69, 9.17) is 4.74 Å². The summed E-state index contributed by atoms with van der Waals surface area (Å²) in [5.74, 6) is 0.532. The summed E-state index contributed by atoms with van der Waals surface area (Å²) in [4.78, 5) is 11.8. The van der Waals surface area contributed by atoms with Gasteiger partial charge >= 0.3 is 0 Å². The van der Waals surface area contributed by atoms with Gasteiger partial charge in [0, 0.05) is 6.04 Å². The maximum Gasteiger partial charge on any atom is 0.260 e. The van der Waals surface area contributed by atoms with Crippen LogP contribution < -0.4 is 10.1 Å². The Morgan fingerprint density at radius 1 is 1.26 bits per heavy atom. The lowest BCUT2D eigenvalue weighted by Gasteiger charge is -2.18. The molecule has 0 aliphatic carbocycles. The quantitative estimate of drug-likeness (QED) is 0.859. The first-order chi connectivity index (χ1) is 8.81. The number of aliphatic hydroxyl groups excluding tert-OH is 1. The zero-order chi connectivity index (χ0) is 14.6. The molecule has 0 spiro atoms. The topological polar surface area (TPSA) is 58.6 Å². The fraction of sp³-hybridized carbons (Fsp3) is 0.533. The molecule has 0 aliphatic rings. The van der Waals surface area contributed by atoms with Gasteiger partial charge in [-0.2, -0.15) is 0 Å². The molecule has 0 heterocycles. The van der Waals surface area contributed by atoms with Gasteiger partial charge in [-0.3, -0.25) is 4.79 Å². The number of ether oxygens (including phenoxy) is 1. The number of aliphatic hydroxyl groups is 1. The molecule has 1 amide bonds. The van der Waals surface area contributed by atoms with Crippen LogP contribution in [0.2, 0.25) is 0 Å². The molecule has 0 fully saturated rings. The van der Waals surface area contributed by atoms with Gasteiger partial charge in [0.05, 0.1) is 6.10 Å². The average Bonchev–Trinajstić information content (AvgIpc) is 2.30. The first-order valence-corrected chi connectivity index (χ1v) is 6.57. The smallest absolute Gasteiger partial charge is 0.260 e. The predicted octanol–water partition coefficient (Wildman–Crippen LogP) is 2.34. The lowest BCUT2D eigenvalue weighted by Crippen LogP contribution is -2.40. The third-order valence-corrected chi connectivity index (χ3v) is 2.79. The van der Waals surface area contributed by atoms with Crippen LogP contribution in [0, 0.1) is 6.92 Å². The maximum absolute atomic E-state index is 11.8. The Labute approximate surface area is 114 Å². The third kappa shape index (κ3) is 4.56. The number of carbonyl (C=O) groups is 1. The Morgan fingerprint density at radius 3 is 2.37 bits per heavy atom.